The van der Waals surface area contributed by atoms with Gasteiger partial charge in [0.2, 0.25) is 10.0 Å². The third-order valence-corrected chi connectivity index (χ3v) is 7.12. The summed E-state index contributed by atoms with van der Waals surface area (Å²) in [5.74, 6) is -0.161. The first-order valence-corrected chi connectivity index (χ1v) is 11.4. The van der Waals surface area contributed by atoms with Crippen molar-refractivity contribution in [2.75, 3.05) is 33.4 Å². The average Bonchev–Trinajstić information content (AvgIpc) is 2.73. The standard InChI is InChI=1S/C20H23BrN2O5S/c1-14(15-4-3-5-17(21)12-15)22-20(24)16-6-7-18(27-2)19(13-16)29(25,26)23-8-10-28-11-9-23/h3-7,12-14H,8-11H2,1-2H3,(H,22,24). The lowest BCUT2D eigenvalue weighted by atomic mass is 10.1. The zero-order chi connectivity index (χ0) is 21.0. The molecule has 0 saturated carbocycles. The van der Waals surface area contributed by atoms with Crippen molar-refractivity contribution in [3.05, 3.63) is 58.1 Å². The molecular formula is C20H23BrN2O5S. The number of methoxy groups -OCH3 is 1. The average molecular weight is 483 g/mol. The summed E-state index contributed by atoms with van der Waals surface area (Å²) in [4.78, 5) is 12.8. The van der Waals surface area contributed by atoms with Gasteiger partial charge in [0.05, 0.1) is 26.4 Å². The van der Waals surface area contributed by atoms with E-state index < -0.39 is 10.0 Å². The molecule has 29 heavy (non-hydrogen) atoms. The largest absolute Gasteiger partial charge is 0.495 e. The zero-order valence-corrected chi connectivity index (χ0v) is 18.6. The van der Waals surface area contributed by atoms with Crippen LogP contribution < -0.4 is 10.1 Å². The Hall–Kier alpha value is -1.94. The van der Waals surface area contributed by atoms with Gasteiger partial charge in [-0.3, -0.25) is 4.79 Å². The number of morpholine rings is 1. The molecule has 0 radical (unpaired) electrons. The SMILES string of the molecule is COc1ccc(C(=O)NC(C)c2cccc(Br)c2)cc1S(=O)(=O)N1CCOCC1. The van der Waals surface area contributed by atoms with E-state index >= 15 is 0 Å². The Balaban J connectivity index is 1.86. The van der Waals surface area contributed by atoms with Crippen molar-refractivity contribution in [2.45, 2.75) is 17.9 Å². The molecule has 0 bridgehead atoms. The number of sulfonamides is 1. The van der Waals surface area contributed by atoms with E-state index in [0.717, 1.165) is 10.0 Å². The molecule has 156 valence electrons. The third kappa shape index (κ3) is 4.98. The van der Waals surface area contributed by atoms with E-state index in [2.05, 4.69) is 21.2 Å². The van der Waals surface area contributed by atoms with Crippen LogP contribution in [0.2, 0.25) is 0 Å². The van der Waals surface area contributed by atoms with E-state index in [1.165, 1.54) is 23.5 Å². The van der Waals surface area contributed by atoms with Crippen molar-refractivity contribution in [2.24, 2.45) is 0 Å². The van der Waals surface area contributed by atoms with Crippen molar-refractivity contribution in [3.63, 3.8) is 0 Å². The van der Waals surface area contributed by atoms with Gasteiger partial charge in [0.25, 0.3) is 5.91 Å². The van der Waals surface area contributed by atoms with Gasteiger partial charge in [-0.25, -0.2) is 8.42 Å². The number of nitrogens with zero attached hydrogens (tertiary/aromatic N) is 1. The number of benzene rings is 2. The normalized spacial score (nSPS) is 16.2. The number of ether oxygens (including phenoxy) is 2. The predicted octanol–water partition coefficient (Wildman–Crippen LogP) is 2.97. The smallest absolute Gasteiger partial charge is 0.251 e. The lowest BCUT2D eigenvalue weighted by Crippen LogP contribution is -2.40. The monoisotopic (exact) mass is 482 g/mol. The van der Waals surface area contributed by atoms with Gasteiger partial charge in [-0.1, -0.05) is 28.1 Å². The molecule has 0 aliphatic carbocycles. The van der Waals surface area contributed by atoms with Gasteiger partial charge >= 0.3 is 0 Å². The van der Waals surface area contributed by atoms with Crippen LogP contribution in [0, 0.1) is 0 Å². The summed E-state index contributed by atoms with van der Waals surface area (Å²) in [5.41, 5.74) is 1.18. The number of carbonyl (C=O) groups excluding carboxylic acids is 1. The second-order valence-corrected chi connectivity index (χ2v) is 9.45. The fourth-order valence-electron chi connectivity index (χ4n) is 3.08. The van der Waals surface area contributed by atoms with Crippen molar-refractivity contribution in [1.29, 1.82) is 0 Å². The number of halogens is 1. The highest BCUT2D eigenvalue weighted by Crippen LogP contribution is 2.29. The van der Waals surface area contributed by atoms with Crippen LogP contribution in [0.25, 0.3) is 0 Å². The first-order valence-electron chi connectivity index (χ1n) is 9.15. The fraction of sp³-hybridized carbons (Fsp3) is 0.350. The van der Waals surface area contributed by atoms with E-state index in [1.54, 1.807) is 6.07 Å². The predicted molar refractivity (Wildman–Crippen MR) is 113 cm³/mol. The number of rotatable bonds is 6. The number of hydrogen-bond donors (Lipinski definition) is 1. The number of nitrogens with one attached hydrogen (secondary N) is 1. The van der Waals surface area contributed by atoms with E-state index in [4.69, 9.17) is 9.47 Å². The Kier molecular flexibility index (Phi) is 6.94. The van der Waals surface area contributed by atoms with Gasteiger partial charge in [-0.05, 0) is 42.8 Å². The first-order chi connectivity index (χ1) is 13.8. The van der Waals surface area contributed by atoms with E-state index in [0.29, 0.717) is 13.2 Å². The quantitative estimate of drug-likeness (QED) is 0.683. The summed E-state index contributed by atoms with van der Waals surface area (Å²) in [5, 5.41) is 2.91. The molecule has 0 spiro atoms. The molecule has 1 saturated heterocycles. The molecule has 1 fully saturated rings. The summed E-state index contributed by atoms with van der Waals surface area (Å²) in [6, 6.07) is 11.8. The molecule has 1 aliphatic rings. The zero-order valence-electron chi connectivity index (χ0n) is 16.2. The highest BCUT2D eigenvalue weighted by atomic mass is 79.9. The van der Waals surface area contributed by atoms with Crippen LogP contribution in [0.4, 0.5) is 0 Å². The van der Waals surface area contributed by atoms with Gasteiger partial charge in [0.15, 0.2) is 0 Å². The molecule has 0 aromatic heterocycles. The molecule has 1 unspecified atom stereocenters. The molecule has 1 atom stereocenters. The molecule has 2 aromatic rings. The van der Waals surface area contributed by atoms with Crippen molar-refractivity contribution in [1.82, 2.24) is 9.62 Å². The lowest BCUT2D eigenvalue weighted by molar-refractivity contribution is 0.0729. The fourth-order valence-corrected chi connectivity index (χ4v) is 5.09. The molecule has 2 aromatic carbocycles. The first kappa shape index (κ1) is 21.8. The molecular weight excluding hydrogens is 460 g/mol. The molecule has 7 nitrogen and oxygen atoms in total. The van der Waals surface area contributed by atoms with Gasteiger partial charge in [0.1, 0.15) is 10.6 Å². The topological polar surface area (TPSA) is 84.9 Å². The highest BCUT2D eigenvalue weighted by molar-refractivity contribution is 9.10. The minimum Gasteiger partial charge on any atom is -0.495 e. The van der Waals surface area contributed by atoms with Gasteiger partial charge < -0.3 is 14.8 Å². The number of carbonyl (C=O) groups is 1. The summed E-state index contributed by atoms with van der Waals surface area (Å²) in [6.45, 7) is 3.08. The van der Waals surface area contributed by atoms with Crippen LogP contribution in [0.15, 0.2) is 51.8 Å². The minimum atomic E-state index is -3.80. The Bertz CT molecular complexity index is 990. The summed E-state index contributed by atoms with van der Waals surface area (Å²) in [7, 11) is -2.40. The molecule has 3 rings (SSSR count). The summed E-state index contributed by atoms with van der Waals surface area (Å²) in [6.07, 6.45) is 0. The maximum Gasteiger partial charge on any atom is 0.251 e. The summed E-state index contributed by atoms with van der Waals surface area (Å²) < 4.78 is 38.9. The number of hydrogen-bond acceptors (Lipinski definition) is 5. The maximum absolute atomic E-state index is 13.1. The van der Waals surface area contributed by atoms with Crippen LogP contribution in [-0.2, 0) is 14.8 Å². The van der Waals surface area contributed by atoms with Crippen molar-refractivity contribution >= 4 is 31.9 Å². The Morgan fingerprint density at radius 3 is 2.59 bits per heavy atom. The van der Waals surface area contributed by atoms with Crippen LogP contribution in [0.5, 0.6) is 5.75 Å². The molecule has 1 amide bonds. The Morgan fingerprint density at radius 1 is 1.21 bits per heavy atom. The van der Waals surface area contributed by atoms with Crippen LogP contribution in [0.3, 0.4) is 0 Å². The van der Waals surface area contributed by atoms with E-state index in [-0.39, 0.29) is 41.2 Å². The maximum atomic E-state index is 13.1. The summed E-state index contributed by atoms with van der Waals surface area (Å²) >= 11 is 3.42. The molecule has 1 N–H and O–H groups in total. The van der Waals surface area contributed by atoms with Gasteiger partial charge in [-0.2, -0.15) is 4.31 Å². The third-order valence-electron chi connectivity index (χ3n) is 4.71. The van der Waals surface area contributed by atoms with Gasteiger partial charge in [0, 0.05) is 23.1 Å². The highest BCUT2D eigenvalue weighted by Gasteiger charge is 2.30. The molecule has 9 heteroatoms. The molecule has 1 heterocycles. The lowest BCUT2D eigenvalue weighted by Gasteiger charge is -2.26. The van der Waals surface area contributed by atoms with Crippen molar-refractivity contribution in [3.8, 4) is 5.75 Å². The van der Waals surface area contributed by atoms with E-state index in [1.807, 2.05) is 31.2 Å². The molecule has 1 aliphatic heterocycles. The van der Waals surface area contributed by atoms with Gasteiger partial charge in [-0.15, -0.1) is 0 Å². The Morgan fingerprint density at radius 2 is 1.93 bits per heavy atom. The van der Waals surface area contributed by atoms with Crippen LogP contribution in [-0.4, -0.2) is 52.0 Å². The van der Waals surface area contributed by atoms with Crippen LogP contribution in [0.1, 0.15) is 28.9 Å². The Labute approximate surface area is 179 Å². The number of amides is 1. The minimum absolute atomic E-state index is 0.0235. The second kappa shape index (κ2) is 9.25. The van der Waals surface area contributed by atoms with Crippen molar-refractivity contribution < 1.29 is 22.7 Å². The van der Waals surface area contributed by atoms with E-state index in [9.17, 15) is 13.2 Å². The second-order valence-electron chi connectivity index (χ2n) is 6.63. The van der Waals surface area contributed by atoms with Crippen LogP contribution >= 0.6 is 15.9 Å².